The fraction of sp³-hybridized carbons (Fsp3) is 0.875. The molecule has 5 nitrogen and oxygen atoms in total. The SMILES string of the molecule is COC(=O)C(NC(=O)OC(C)(C)C)[C@H]1CCCC2(CC2)C1. The molecule has 0 aliphatic heterocycles. The molecule has 0 aromatic carbocycles. The van der Waals surface area contributed by atoms with Gasteiger partial charge in [-0.25, -0.2) is 9.59 Å². The Morgan fingerprint density at radius 2 is 1.90 bits per heavy atom. The molecule has 2 fully saturated rings. The third kappa shape index (κ3) is 4.35. The molecular weight excluding hydrogens is 270 g/mol. The van der Waals surface area contributed by atoms with E-state index in [1.54, 1.807) is 20.8 Å². The highest BCUT2D eigenvalue weighted by molar-refractivity contribution is 5.81. The standard InChI is InChI=1S/C16H27NO4/c1-15(2,3)21-14(19)17-12(13(18)20-4)11-6-5-7-16(10-11)8-9-16/h11-12H,5-10H2,1-4H3,(H,17,19)/t11-,12?/m0/s1. The van der Waals surface area contributed by atoms with E-state index in [-0.39, 0.29) is 11.9 Å². The van der Waals surface area contributed by atoms with Gasteiger partial charge in [-0.05, 0) is 64.2 Å². The number of alkyl carbamates (subject to hydrolysis) is 1. The topological polar surface area (TPSA) is 64.6 Å². The van der Waals surface area contributed by atoms with Crippen LogP contribution in [0.5, 0.6) is 0 Å². The van der Waals surface area contributed by atoms with Gasteiger partial charge in [0, 0.05) is 0 Å². The highest BCUT2D eigenvalue weighted by Gasteiger charge is 2.48. The lowest BCUT2D eigenvalue weighted by molar-refractivity contribution is -0.145. The average molecular weight is 297 g/mol. The van der Waals surface area contributed by atoms with E-state index < -0.39 is 17.7 Å². The molecule has 2 aliphatic rings. The summed E-state index contributed by atoms with van der Waals surface area (Å²) in [5.41, 5.74) is -0.139. The first-order chi connectivity index (χ1) is 9.75. The van der Waals surface area contributed by atoms with E-state index in [4.69, 9.17) is 9.47 Å². The van der Waals surface area contributed by atoms with E-state index in [0.29, 0.717) is 5.41 Å². The summed E-state index contributed by atoms with van der Waals surface area (Å²) < 4.78 is 10.1. The summed E-state index contributed by atoms with van der Waals surface area (Å²) in [6, 6.07) is -0.595. The van der Waals surface area contributed by atoms with Crippen molar-refractivity contribution >= 4 is 12.1 Å². The van der Waals surface area contributed by atoms with Crippen LogP contribution in [0, 0.1) is 11.3 Å². The first kappa shape index (κ1) is 16.1. The molecule has 0 saturated heterocycles. The molecule has 1 spiro atoms. The summed E-state index contributed by atoms with van der Waals surface area (Å²) >= 11 is 0. The number of methoxy groups -OCH3 is 1. The van der Waals surface area contributed by atoms with E-state index in [1.807, 2.05) is 0 Å². The van der Waals surface area contributed by atoms with Crippen LogP contribution >= 0.6 is 0 Å². The lowest BCUT2D eigenvalue weighted by Gasteiger charge is -2.34. The lowest BCUT2D eigenvalue weighted by atomic mass is 9.75. The molecule has 2 saturated carbocycles. The molecular formula is C16H27NO4. The fourth-order valence-electron chi connectivity index (χ4n) is 3.35. The van der Waals surface area contributed by atoms with E-state index in [1.165, 1.54) is 26.4 Å². The van der Waals surface area contributed by atoms with Crippen molar-refractivity contribution < 1.29 is 19.1 Å². The third-order valence-electron chi connectivity index (χ3n) is 4.53. The molecule has 2 aliphatic carbocycles. The van der Waals surface area contributed by atoms with Crippen LogP contribution < -0.4 is 5.32 Å². The number of hydrogen-bond donors (Lipinski definition) is 1. The Bertz CT molecular complexity index is 409. The van der Waals surface area contributed by atoms with Crippen LogP contribution in [0.4, 0.5) is 4.79 Å². The molecule has 2 atom stereocenters. The van der Waals surface area contributed by atoms with Gasteiger partial charge in [0.1, 0.15) is 11.6 Å². The van der Waals surface area contributed by atoms with Crippen LogP contribution in [0.2, 0.25) is 0 Å². The number of amides is 1. The molecule has 1 unspecified atom stereocenters. The molecule has 0 aromatic rings. The normalized spacial score (nSPS) is 25.0. The predicted molar refractivity (Wildman–Crippen MR) is 78.8 cm³/mol. The molecule has 0 bridgehead atoms. The van der Waals surface area contributed by atoms with Crippen molar-refractivity contribution in [3.63, 3.8) is 0 Å². The summed E-state index contributed by atoms with van der Waals surface area (Å²) in [6.45, 7) is 5.42. The minimum Gasteiger partial charge on any atom is -0.467 e. The maximum atomic E-state index is 12.1. The van der Waals surface area contributed by atoms with Gasteiger partial charge < -0.3 is 14.8 Å². The third-order valence-corrected chi connectivity index (χ3v) is 4.53. The van der Waals surface area contributed by atoms with Gasteiger partial charge in [0.2, 0.25) is 0 Å². The minimum atomic E-state index is -0.595. The highest BCUT2D eigenvalue weighted by atomic mass is 16.6. The average Bonchev–Trinajstić information content (AvgIpc) is 3.12. The maximum Gasteiger partial charge on any atom is 0.408 e. The van der Waals surface area contributed by atoms with Crippen LogP contribution in [-0.4, -0.2) is 30.8 Å². The van der Waals surface area contributed by atoms with Crippen molar-refractivity contribution in [3.8, 4) is 0 Å². The molecule has 1 N–H and O–H groups in total. The van der Waals surface area contributed by atoms with Gasteiger partial charge in [-0.1, -0.05) is 6.42 Å². The van der Waals surface area contributed by atoms with Crippen LogP contribution in [0.25, 0.3) is 0 Å². The van der Waals surface area contributed by atoms with Crippen LogP contribution in [-0.2, 0) is 14.3 Å². The quantitative estimate of drug-likeness (QED) is 0.813. The van der Waals surface area contributed by atoms with Gasteiger partial charge in [0.25, 0.3) is 0 Å². The van der Waals surface area contributed by atoms with Gasteiger partial charge in [-0.2, -0.15) is 0 Å². The molecule has 0 radical (unpaired) electrons. The van der Waals surface area contributed by atoms with Crippen molar-refractivity contribution in [3.05, 3.63) is 0 Å². The fourth-order valence-corrected chi connectivity index (χ4v) is 3.35. The predicted octanol–water partition coefficient (Wildman–Crippen LogP) is 3.02. The Hall–Kier alpha value is -1.26. The van der Waals surface area contributed by atoms with Crippen LogP contribution in [0.15, 0.2) is 0 Å². The number of nitrogens with one attached hydrogen (secondary N) is 1. The molecule has 0 aromatic heterocycles. The first-order valence-electron chi connectivity index (χ1n) is 7.82. The minimum absolute atomic E-state index is 0.154. The Balaban J connectivity index is 2.00. The number of rotatable bonds is 3. The second kappa shape index (κ2) is 5.85. The van der Waals surface area contributed by atoms with E-state index in [9.17, 15) is 9.59 Å². The number of hydrogen-bond acceptors (Lipinski definition) is 4. The molecule has 1 amide bonds. The monoisotopic (exact) mass is 297 g/mol. The van der Waals surface area contributed by atoms with Gasteiger partial charge in [-0.3, -0.25) is 0 Å². The van der Waals surface area contributed by atoms with E-state index in [2.05, 4.69) is 5.32 Å². The summed E-state index contributed by atoms with van der Waals surface area (Å²) in [7, 11) is 1.36. The Kier molecular flexibility index (Phi) is 4.49. The van der Waals surface area contributed by atoms with Crippen LogP contribution in [0.3, 0.4) is 0 Å². The molecule has 0 heterocycles. The zero-order valence-corrected chi connectivity index (χ0v) is 13.5. The van der Waals surface area contributed by atoms with E-state index >= 15 is 0 Å². The zero-order valence-electron chi connectivity index (χ0n) is 13.5. The number of ether oxygens (including phenoxy) is 2. The summed E-state index contributed by atoms with van der Waals surface area (Å²) in [4.78, 5) is 24.0. The van der Waals surface area contributed by atoms with Crippen molar-refractivity contribution in [2.75, 3.05) is 7.11 Å². The highest BCUT2D eigenvalue weighted by Crippen LogP contribution is 2.58. The lowest BCUT2D eigenvalue weighted by Crippen LogP contribution is -2.49. The van der Waals surface area contributed by atoms with Crippen LogP contribution in [0.1, 0.15) is 59.3 Å². The zero-order chi connectivity index (χ0) is 15.7. The first-order valence-corrected chi connectivity index (χ1v) is 7.82. The van der Waals surface area contributed by atoms with Crippen molar-refractivity contribution in [1.82, 2.24) is 5.32 Å². The second-order valence-corrected chi connectivity index (χ2v) is 7.50. The smallest absolute Gasteiger partial charge is 0.408 e. The van der Waals surface area contributed by atoms with Gasteiger partial charge in [0.05, 0.1) is 7.11 Å². The number of esters is 1. The Labute approximate surface area is 126 Å². The van der Waals surface area contributed by atoms with Crippen molar-refractivity contribution in [2.24, 2.45) is 11.3 Å². The molecule has 2 rings (SSSR count). The largest absolute Gasteiger partial charge is 0.467 e. The summed E-state index contributed by atoms with van der Waals surface area (Å²) in [5, 5.41) is 2.72. The van der Waals surface area contributed by atoms with Gasteiger partial charge >= 0.3 is 12.1 Å². The van der Waals surface area contributed by atoms with E-state index in [0.717, 1.165) is 19.3 Å². The summed E-state index contributed by atoms with van der Waals surface area (Å²) in [5.74, 6) is -0.218. The second-order valence-electron chi connectivity index (χ2n) is 7.50. The maximum absolute atomic E-state index is 12.1. The summed E-state index contributed by atoms with van der Waals surface area (Å²) in [6.07, 6.45) is 6.29. The molecule has 21 heavy (non-hydrogen) atoms. The van der Waals surface area contributed by atoms with Gasteiger partial charge in [-0.15, -0.1) is 0 Å². The van der Waals surface area contributed by atoms with Gasteiger partial charge in [0.15, 0.2) is 0 Å². The molecule has 120 valence electrons. The van der Waals surface area contributed by atoms with Crippen molar-refractivity contribution in [2.45, 2.75) is 70.9 Å². The Morgan fingerprint density at radius 1 is 1.24 bits per heavy atom. The Morgan fingerprint density at radius 3 is 2.43 bits per heavy atom. The number of carbonyl (C=O) groups excluding carboxylic acids is 2. The molecule has 5 heteroatoms. The van der Waals surface area contributed by atoms with Crippen molar-refractivity contribution in [1.29, 1.82) is 0 Å². The number of carbonyl (C=O) groups is 2.